The van der Waals surface area contributed by atoms with Crippen LogP contribution in [-0.2, 0) is 11.2 Å². The van der Waals surface area contributed by atoms with E-state index in [-0.39, 0.29) is 18.0 Å². The zero-order chi connectivity index (χ0) is 18.1. The van der Waals surface area contributed by atoms with Crippen LogP contribution in [0, 0.1) is 5.82 Å². The second kappa shape index (κ2) is 9.86. The van der Waals surface area contributed by atoms with Gasteiger partial charge in [-0.15, -0.1) is 0 Å². The number of aliphatic imine (C=N–C) groups is 1. The van der Waals surface area contributed by atoms with E-state index < -0.39 is 0 Å². The van der Waals surface area contributed by atoms with Gasteiger partial charge in [0.05, 0.1) is 6.61 Å². The lowest BCUT2D eigenvalue weighted by molar-refractivity contribution is 0.0963. The molecule has 0 atom stereocenters. The lowest BCUT2D eigenvalue weighted by atomic mass is 10.1. The van der Waals surface area contributed by atoms with Crippen molar-refractivity contribution in [2.75, 3.05) is 33.3 Å². The Labute approximate surface area is 148 Å². The fraction of sp³-hybridized carbons (Fsp3) is 0.556. The summed E-state index contributed by atoms with van der Waals surface area (Å²) in [5, 5.41) is 6.63. The van der Waals surface area contributed by atoms with Crippen LogP contribution in [0.4, 0.5) is 9.18 Å². The molecule has 0 bridgehead atoms. The molecule has 7 heteroatoms. The topological polar surface area (TPSA) is 66.0 Å². The Bertz CT molecular complexity index is 586. The number of guanidine groups is 1. The van der Waals surface area contributed by atoms with E-state index in [1.165, 1.54) is 6.07 Å². The quantitative estimate of drug-likeness (QED) is 0.631. The van der Waals surface area contributed by atoms with E-state index in [0.29, 0.717) is 26.2 Å². The van der Waals surface area contributed by atoms with Crippen molar-refractivity contribution in [1.82, 2.24) is 15.5 Å². The lowest BCUT2D eigenvalue weighted by Gasteiger charge is -2.32. The molecule has 1 aromatic carbocycles. The molecular weight excluding hydrogens is 323 g/mol. The highest BCUT2D eigenvalue weighted by atomic mass is 19.1. The van der Waals surface area contributed by atoms with Crippen molar-refractivity contribution < 1.29 is 13.9 Å². The fourth-order valence-corrected chi connectivity index (χ4v) is 2.83. The van der Waals surface area contributed by atoms with Gasteiger partial charge < -0.3 is 20.3 Å². The Kier molecular flexibility index (Phi) is 7.50. The van der Waals surface area contributed by atoms with Gasteiger partial charge in [0.25, 0.3) is 0 Å². The molecule has 2 rings (SSSR count). The van der Waals surface area contributed by atoms with E-state index in [4.69, 9.17) is 4.74 Å². The normalized spacial score (nSPS) is 15.8. The van der Waals surface area contributed by atoms with Gasteiger partial charge >= 0.3 is 6.09 Å². The Morgan fingerprint density at radius 2 is 2.16 bits per heavy atom. The first-order valence-electron chi connectivity index (χ1n) is 8.75. The molecule has 1 saturated heterocycles. The van der Waals surface area contributed by atoms with Crippen LogP contribution < -0.4 is 10.6 Å². The molecule has 1 aliphatic rings. The molecule has 1 aromatic rings. The van der Waals surface area contributed by atoms with Gasteiger partial charge in [0.2, 0.25) is 0 Å². The van der Waals surface area contributed by atoms with Gasteiger partial charge in [-0.2, -0.15) is 0 Å². The molecule has 0 unspecified atom stereocenters. The number of nitrogens with one attached hydrogen (secondary N) is 2. The van der Waals surface area contributed by atoms with Gasteiger partial charge in [0.1, 0.15) is 5.82 Å². The largest absolute Gasteiger partial charge is 0.450 e. The summed E-state index contributed by atoms with van der Waals surface area (Å²) in [6.45, 7) is 4.24. The van der Waals surface area contributed by atoms with Crippen molar-refractivity contribution >= 4 is 12.1 Å². The number of rotatable bonds is 5. The van der Waals surface area contributed by atoms with Crippen LogP contribution in [0.15, 0.2) is 29.3 Å². The Morgan fingerprint density at radius 1 is 1.40 bits per heavy atom. The molecular formula is C18H27FN4O2. The molecule has 1 heterocycles. The maximum atomic E-state index is 13.2. The van der Waals surface area contributed by atoms with Crippen molar-refractivity contribution in [2.45, 2.75) is 32.2 Å². The molecule has 1 fully saturated rings. The molecule has 2 N–H and O–H groups in total. The van der Waals surface area contributed by atoms with E-state index in [1.54, 1.807) is 24.1 Å². The van der Waals surface area contributed by atoms with E-state index in [1.807, 2.05) is 13.0 Å². The first kappa shape index (κ1) is 19.0. The molecule has 0 radical (unpaired) electrons. The third-order valence-electron chi connectivity index (χ3n) is 4.18. The van der Waals surface area contributed by atoms with Crippen molar-refractivity contribution in [3.63, 3.8) is 0 Å². The number of piperidine rings is 1. The highest BCUT2D eigenvalue weighted by Crippen LogP contribution is 2.11. The Morgan fingerprint density at radius 3 is 2.80 bits per heavy atom. The zero-order valence-corrected chi connectivity index (χ0v) is 14.9. The SMILES string of the molecule is CCOC(=O)N1CCC(NC(=NC)NCCc2cccc(F)c2)CC1. The lowest BCUT2D eigenvalue weighted by Crippen LogP contribution is -2.50. The van der Waals surface area contributed by atoms with Crippen molar-refractivity contribution in [2.24, 2.45) is 4.99 Å². The third kappa shape index (κ3) is 6.25. The van der Waals surface area contributed by atoms with Gasteiger partial charge in [-0.1, -0.05) is 12.1 Å². The monoisotopic (exact) mass is 350 g/mol. The molecule has 1 aliphatic heterocycles. The van der Waals surface area contributed by atoms with Crippen LogP contribution in [0.25, 0.3) is 0 Å². The summed E-state index contributed by atoms with van der Waals surface area (Å²) in [5.41, 5.74) is 0.950. The zero-order valence-electron chi connectivity index (χ0n) is 14.9. The van der Waals surface area contributed by atoms with Crippen LogP contribution in [0.2, 0.25) is 0 Å². The summed E-state index contributed by atoms with van der Waals surface area (Å²) in [5.74, 6) is 0.513. The van der Waals surface area contributed by atoms with Crippen LogP contribution in [0.3, 0.4) is 0 Å². The fourth-order valence-electron chi connectivity index (χ4n) is 2.83. The van der Waals surface area contributed by atoms with Crippen LogP contribution in [0.1, 0.15) is 25.3 Å². The molecule has 138 valence electrons. The van der Waals surface area contributed by atoms with Crippen LogP contribution in [0.5, 0.6) is 0 Å². The number of carbonyl (C=O) groups excluding carboxylic acids is 1. The molecule has 0 aromatic heterocycles. The highest BCUT2D eigenvalue weighted by molar-refractivity contribution is 5.80. The number of carbonyl (C=O) groups is 1. The predicted octanol–water partition coefficient (Wildman–Crippen LogP) is 2.15. The minimum atomic E-state index is -0.237. The van der Waals surface area contributed by atoms with E-state index in [2.05, 4.69) is 15.6 Å². The second-order valence-electron chi connectivity index (χ2n) is 5.98. The van der Waals surface area contributed by atoms with Crippen LogP contribution in [-0.4, -0.2) is 56.3 Å². The Hall–Kier alpha value is -2.31. The highest BCUT2D eigenvalue weighted by Gasteiger charge is 2.23. The number of hydrogen-bond donors (Lipinski definition) is 2. The van der Waals surface area contributed by atoms with Gasteiger partial charge in [0, 0.05) is 32.7 Å². The molecule has 0 spiro atoms. The minimum absolute atomic E-state index is 0.214. The van der Waals surface area contributed by atoms with E-state index in [0.717, 1.165) is 30.8 Å². The smallest absolute Gasteiger partial charge is 0.409 e. The van der Waals surface area contributed by atoms with Gasteiger partial charge in [0.15, 0.2) is 5.96 Å². The number of hydrogen-bond acceptors (Lipinski definition) is 3. The van der Waals surface area contributed by atoms with E-state index in [9.17, 15) is 9.18 Å². The maximum absolute atomic E-state index is 13.2. The molecule has 6 nitrogen and oxygen atoms in total. The molecule has 0 saturated carbocycles. The number of ether oxygens (including phenoxy) is 1. The Balaban J connectivity index is 1.71. The number of benzene rings is 1. The number of halogens is 1. The second-order valence-corrected chi connectivity index (χ2v) is 5.98. The molecule has 1 amide bonds. The van der Waals surface area contributed by atoms with Crippen molar-refractivity contribution in [1.29, 1.82) is 0 Å². The average Bonchev–Trinajstić information content (AvgIpc) is 2.61. The summed E-state index contributed by atoms with van der Waals surface area (Å²) in [6.07, 6.45) is 2.19. The number of amides is 1. The third-order valence-corrected chi connectivity index (χ3v) is 4.18. The van der Waals surface area contributed by atoms with Crippen LogP contribution >= 0.6 is 0 Å². The predicted molar refractivity (Wildman–Crippen MR) is 96.2 cm³/mol. The summed E-state index contributed by atoms with van der Waals surface area (Å²) in [4.78, 5) is 17.7. The van der Waals surface area contributed by atoms with Gasteiger partial charge in [-0.05, 0) is 43.9 Å². The standard InChI is InChI=1S/C18H27FN4O2/c1-3-25-18(24)23-11-8-16(9-12-23)22-17(20-2)21-10-7-14-5-4-6-15(19)13-14/h4-6,13,16H,3,7-12H2,1-2H3,(H2,20,21,22). The minimum Gasteiger partial charge on any atom is -0.450 e. The summed E-state index contributed by atoms with van der Waals surface area (Å²) in [7, 11) is 1.73. The number of likely N-dealkylation sites (tertiary alicyclic amines) is 1. The average molecular weight is 350 g/mol. The number of nitrogens with zero attached hydrogens (tertiary/aromatic N) is 2. The maximum Gasteiger partial charge on any atom is 0.409 e. The summed E-state index contributed by atoms with van der Waals surface area (Å²) >= 11 is 0. The van der Waals surface area contributed by atoms with Crippen molar-refractivity contribution in [3.8, 4) is 0 Å². The summed E-state index contributed by atoms with van der Waals surface area (Å²) in [6, 6.07) is 6.88. The van der Waals surface area contributed by atoms with Gasteiger partial charge in [-0.3, -0.25) is 4.99 Å². The molecule has 0 aliphatic carbocycles. The molecule has 25 heavy (non-hydrogen) atoms. The van der Waals surface area contributed by atoms with Crippen molar-refractivity contribution in [3.05, 3.63) is 35.6 Å². The van der Waals surface area contributed by atoms with Gasteiger partial charge in [-0.25, -0.2) is 9.18 Å². The first-order chi connectivity index (χ1) is 12.1. The first-order valence-corrected chi connectivity index (χ1v) is 8.75. The summed E-state index contributed by atoms with van der Waals surface area (Å²) < 4.78 is 18.2. The van der Waals surface area contributed by atoms with E-state index >= 15 is 0 Å².